The van der Waals surface area contributed by atoms with E-state index in [1.165, 1.54) is 4.88 Å². The summed E-state index contributed by atoms with van der Waals surface area (Å²) < 4.78 is 0. The topological polar surface area (TPSA) is 12.9 Å². The summed E-state index contributed by atoms with van der Waals surface area (Å²) in [7, 11) is 0. The van der Waals surface area contributed by atoms with Crippen LogP contribution in [0.25, 0.3) is 10.6 Å². The fourth-order valence-corrected chi connectivity index (χ4v) is 3.06. The van der Waals surface area contributed by atoms with Gasteiger partial charge in [-0.05, 0) is 19.1 Å². The highest BCUT2D eigenvalue weighted by Gasteiger charge is 2.07. The lowest BCUT2D eigenvalue weighted by Gasteiger charge is -1.95. The number of alkyl halides is 1. The molecule has 1 nitrogen and oxygen atoms in total. The number of hydrogen-bond donors (Lipinski definition) is 0. The molecule has 0 bridgehead atoms. The summed E-state index contributed by atoms with van der Waals surface area (Å²) in [6, 6.07) is 7.78. The molecule has 15 heavy (non-hydrogen) atoms. The molecule has 0 aliphatic rings. The summed E-state index contributed by atoms with van der Waals surface area (Å²) in [6.07, 6.45) is 0. The standard InChI is InChI=1S/C11H9BrClNS/c1-7-10(6-12)14-11(15-7)8-2-4-9(13)5-3-8/h2-5H,6H2,1H3. The van der Waals surface area contributed by atoms with E-state index in [0.717, 1.165) is 26.6 Å². The number of halogens is 2. The van der Waals surface area contributed by atoms with E-state index in [1.54, 1.807) is 11.3 Å². The highest BCUT2D eigenvalue weighted by atomic mass is 79.9. The molecule has 1 aromatic heterocycles. The van der Waals surface area contributed by atoms with Crippen LogP contribution >= 0.6 is 38.9 Å². The SMILES string of the molecule is Cc1sc(-c2ccc(Cl)cc2)nc1CBr. The Balaban J connectivity index is 2.41. The maximum absolute atomic E-state index is 5.84. The number of rotatable bonds is 2. The Morgan fingerprint density at radius 2 is 2.00 bits per heavy atom. The van der Waals surface area contributed by atoms with Crippen molar-refractivity contribution in [3.63, 3.8) is 0 Å². The van der Waals surface area contributed by atoms with Crippen LogP contribution in [0.2, 0.25) is 5.02 Å². The molecule has 0 unspecified atom stereocenters. The Bertz CT molecular complexity index is 464. The van der Waals surface area contributed by atoms with Crippen LogP contribution in [-0.2, 0) is 5.33 Å². The zero-order chi connectivity index (χ0) is 10.8. The molecular weight excluding hydrogens is 294 g/mol. The predicted molar refractivity (Wildman–Crippen MR) is 69.9 cm³/mol. The van der Waals surface area contributed by atoms with Crippen LogP contribution in [0, 0.1) is 6.92 Å². The van der Waals surface area contributed by atoms with Crippen LogP contribution in [0.4, 0.5) is 0 Å². The van der Waals surface area contributed by atoms with Crippen molar-refractivity contribution in [3.05, 3.63) is 39.9 Å². The van der Waals surface area contributed by atoms with Crippen LogP contribution in [-0.4, -0.2) is 4.98 Å². The second-order valence-electron chi connectivity index (χ2n) is 3.16. The van der Waals surface area contributed by atoms with Gasteiger partial charge in [-0.25, -0.2) is 4.98 Å². The van der Waals surface area contributed by atoms with Crippen LogP contribution in [0.3, 0.4) is 0 Å². The predicted octanol–water partition coefficient (Wildman–Crippen LogP) is 4.67. The molecule has 0 radical (unpaired) electrons. The van der Waals surface area contributed by atoms with Crippen molar-refractivity contribution >= 4 is 38.9 Å². The van der Waals surface area contributed by atoms with Crippen molar-refractivity contribution < 1.29 is 0 Å². The lowest BCUT2D eigenvalue weighted by molar-refractivity contribution is 1.21. The molecule has 0 aliphatic carbocycles. The number of hydrogen-bond acceptors (Lipinski definition) is 2. The van der Waals surface area contributed by atoms with Gasteiger partial charge in [0.2, 0.25) is 0 Å². The fourth-order valence-electron chi connectivity index (χ4n) is 1.27. The van der Waals surface area contributed by atoms with Crippen molar-refractivity contribution in [2.45, 2.75) is 12.3 Å². The molecule has 0 aliphatic heterocycles. The Hall–Kier alpha value is -0.380. The molecule has 0 fully saturated rings. The normalized spacial score (nSPS) is 10.6. The summed E-state index contributed by atoms with van der Waals surface area (Å²) in [5.41, 5.74) is 2.24. The number of aryl methyl sites for hydroxylation is 1. The Kier molecular flexibility index (Phi) is 3.44. The summed E-state index contributed by atoms with van der Waals surface area (Å²) in [5, 5.41) is 2.62. The van der Waals surface area contributed by atoms with Crippen molar-refractivity contribution in [2.24, 2.45) is 0 Å². The van der Waals surface area contributed by atoms with Gasteiger partial charge in [0, 0.05) is 20.8 Å². The maximum atomic E-state index is 5.84. The van der Waals surface area contributed by atoms with Crippen LogP contribution in [0.5, 0.6) is 0 Å². The summed E-state index contributed by atoms with van der Waals surface area (Å²) in [4.78, 5) is 5.82. The molecule has 0 amide bonds. The first-order valence-corrected chi connectivity index (χ1v) is 6.80. The summed E-state index contributed by atoms with van der Waals surface area (Å²) >= 11 is 11.0. The average Bonchev–Trinajstić information content (AvgIpc) is 2.61. The lowest BCUT2D eigenvalue weighted by Crippen LogP contribution is -1.80. The lowest BCUT2D eigenvalue weighted by atomic mass is 10.2. The zero-order valence-electron chi connectivity index (χ0n) is 8.13. The first-order chi connectivity index (χ1) is 7.20. The highest BCUT2D eigenvalue weighted by molar-refractivity contribution is 9.08. The molecule has 0 saturated heterocycles. The van der Waals surface area contributed by atoms with Crippen molar-refractivity contribution in [1.82, 2.24) is 4.98 Å². The van der Waals surface area contributed by atoms with Crippen molar-refractivity contribution in [2.75, 3.05) is 0 Å². The van der Waals surface area contributed by atoms with Gasteiger partial charge in [-0.1, -0.05) is 39.7 Å². The van der Waals surface area contributed by atoms with E-state index in [0.29, 0.717) is 0 Å². The minimum atomic E-state index is 0.757. The molecule has 1 aromatic carbocycles. The van der Waals surface area contributed by atoms with Crippen LogP contribution in [0.15, 0.2) is 24.3 Å². The molecular formula is C11H9BrClNS. The third kappa shape index (κ3) is 2.41. The first-order valence-electron chi connectivity index (χ1n) is 4.49. The van der Waals surface area contributed by atoms with E-state index in [4.69, 9.17) is 11.6 Å². The molecule has 1 heterocycles. The Morgan fingerprint density at radius 1 is 1.33 bits per heavy atom. The van der Waals surface area contributed by atoms with Gasteiger partial charge < -0.3 is 0 Å². The summed E-state index contributed by atoms with van der Waals surface area (Å²) in [5.74, 6) is 0. The number of thiazole rings is 1. The minimum absolute atomic E-state index is 0.757. The van der Waals surface area contributed by atoms with Gasteiger partial charge in [0.1, 0.15) is 5.01 Å². The molecule has 78 valence electrons. The molecule has 4 heteroatoms. The quantitative estimate of drug-likeness (QED) is 0.735. The van der Waals surface area contributed by atoms with E-state index in [-0.39, 0.29) is 0 Å². The van der Waals surface area contributed by atoms with Gasteiger partial charge >= 0.3 is 0 Å². The number of nitrogens with zero attached hydrogens (tertiary/aromatic N) is 1. The maximum Gasteiger partial charge on any atom is 0.123 e. The summed E-state index contributed by atoms with van der Waals surface area (Å²) in [6.45, 7) is 2.09. The van der Waals surface area contributed by atoms with Gasteiger partial charge in [-0.3, -0.25) is 0 Å². The van der Waals surface area contributed by atoms with Gasteiger partial charge in [-0.2, -0.15) is 0 Å². The van der Waals surface area contributed by atoms with Crippen molar-refractivity contribution in [3.8, 4) is 10.6 Å². The fraction of sp³-hybridized carbons (Fsp3) is 0.182. The third-order valence-corrected chi connectivity index (χ3v) is 3.96. The third-order valence-electron chi connectivity index (χ3n) is 2.11. The first kappa shape index (κ1) is 11.1. The molecule has 0 atom stereocenters. The Labute approximate surface area is 106 Å². The van der Waals surface area contributed by atoms with E-state index in [1.807, 2.05) is 24.3 Å². The van der Waals surface area contributed by atoms with Crippen LogP contribution < -0.4 is 0 Å². The minimum Gasteiger partial charge on any atom is -0.240 e. The number of aromatic nitrogens is 1. The smallest absolute Gasteiger partial charge is 0.123 e. The second kappa shape index (κ2) is 4.64. The molecule has 0 saturated carbocycles. The van der Waals surface area contributed by atoms with Gasteiger partial charge in [0.05, 0.1) is 5.69 Å². The van der Waals surface area contributed by atoms with Gasteiger partial charge in [0.25, 0.3) is 0 Å². The zero-order valence-corrected chi connectivity index (χ0v) is 11.3. The molecule has 2 rings (SSSR count). The Morgan fingerprint density at radius 3 is 2.53 bits per heavy atom. The second-order valence-corrected chi connectivity index (χ2v) is 5.36. The van der Waals surface area contributed by atoms with Crippen molar-refractivity contribution in [1.29, 1.82) is 0 Å². The van der Waals surface area contributed by atoms with E-state index < -0.39 is 0 Å². The monoisotopic (exact) mass is 301 g/mol. The average molecular weight is 303 g/mol. The van der Waals surface area contributed by atoms with E-state index in [9.17, 15) is 0 Å². The van der Waals surface area contributed by atoms with E-state index >= 15 is 0 Å². The van der Waals surface area contributed by atoms with Gasteiger partial charge in [0.15, 0.2) is 0 Å². The number of benzene rings is 1. The largest absolute Gasteiger partial charge is 0.240 e. The van der Waals surface area contributed by atoms with Gasteiger partial charge in [-0.15, -0.1) is 11.3 Å². The van der Waals surface area contributed by atoms with E-state index in [2.05, 4.69) is 27.8 Å². The molecule has 2 aromatic rings. The van der Waals surface area contributed by atoms with Crippen LogP contribution in [0.1, 0.15) is 10.6 Å². The molecule has 0 N–H and O–H groups in total. The molecule has 0 spiro atoms. The highest BCUT2D eigenvalue weighted by Crippen LogP contribution is 2.29.